The topological polar surface area (TPSA) is 72.4 Å². The number of rotatable bonds is 5. The van der Waals surface area contributed by atoms with E-state index in [1.165, 1.54) is 11.6 Å². The van der Waals surface area contributed by atoms with E-state index in [1.807, 2.05) is 18.2 Å². The number of aryl methyl sites for hydroxylation is 1. The minimum absolute atomic E-state index is 0.220. The van der Waals surface area contributed by atoms with E-state index in [0.29, 0.717) is 22.8 Å². The zero-order chi connectivity index (χ0) is 25.4. The number of methoxy groups -OCH3 is 1. The molecule has 1 saturated heterocycles. The fourth-order valence-corrected chi connectivity index (χ4v) is 4.22. The highest BCUT2D eigenvalue weighted by Crippen LogP contribution is 2.35. The van der Waals surface area contributed by atoms with Crippen molar-refractivity contribution in [3.05, 3.63) is 54.4 Å². The molecule has 2 aromatic heterocycles. The molecule has 11 heteroatoms. The van der Waals surface area contributed by atoms with Gasteiger partial charge in [-0.15, -0.1) is 0 Å². The molecular weight excluding hydrogens is 473 g/mol. The van der Waals surface area contributed by atoms with Gasteiger partial charge in [0.1, 0.15) is 11.6 Å². The van der Waals surface area contributed by atoms with Gasteiger partial charge in [0, 0.05) is 56.6 Å². The van der Waals surface area contributed by atoms with Gasteiger partial charge in [-0.25, -0.2) is 4.98 Å². The maximum Gasteiger partial charge on any atom is 0.434 e. The molecule has 0 saturated carbocycles. The van der Waals surface area contributed by atoms with Crippen molar-refractivity contribution >= 4 is 5.69 Å². The predicted octanol–water partition coefficient (Wildman–Crippen LogP) is 4.58. The van der Waals surface area contributed by atoms with Crippen molar-refractivity contribution in [2.45, 2.75) is 6.18 Å². The summed E-state index contributed by atoms with van der Waals surface area (Å²) in [6, 6.07) is 12.6. The zero-order valence-corrected chi connectivity index (χ0v) is 20.1. The second-order valence-corrected chi connectivity index (χ2v) is 8.73. The number of piperazine rings is 1. The van der Waals surface area contributed by atoms with Crippen molar-refractivity contribution in [3.8, 4) is 40.0 Å². The lowest BCUT2D eigenvalue weighted by Crippen LogP contribution is -2.44. The van der Waals surface area contributed by atoms with Gasteiger partial charge in [-0.05, 0) is 19.2 Å². The zero-order valence-electron chi connectivity index (χ0n) is 20.1. The molecule has 0 bridgehead atoms. The number of halogens is 3. The van der Waals surface area contributed by atoms with Crippen molar-refractivity contribution in [3.63, 3.8) is 0 Å². The SMILES string of the molecule is COc1ccc(-c2nc(-c3ccc(-c4nc(C(F)(F)F)cn4C)cc3)no2)c(N2CCN(C)CC2)c1. The van der Waals surface area contributed by atoms with Crippen molar-refractivity contribution in [2.24, 2.45) is 7.05 Å². The van der Waals surface area contributed by atoms with Gasteiger partial charge in [-0.2, -0.15) is 18.2 Å². The van der Waals surface area contributed by atoms with E-state index in [1.54, 1.807) is 31.4 Å². The number of hydrogen-bond acceptors (Lipinski definition) is 7. The number of anilines is 1. The largest absolute Gasteiger partial charge is 0.497 e. The molecule has 4 aromatic rings. The van der Waals surface area contributed by atoms with Gasteiger partial charge >= 0.3 is 6.18 Å². The highest BCUT2D eigenvalue weighted by Gasteiger charge is 2.34. The molecule has 0 aliphatic carbocycles. The lowest BCUT2D eigenvalue weighted by atomic mass is 10.1. The van der Waals surface area contributed by atoms with Crippen LogP contribution in [-0.4, -0.2) is 64.9 Å². The molecule has 3 heterocycles. The molecule has 0 unspecified atom stereocenters. The van der Waals surface area contributed by atoms with Gasteiger partial charge in [0.2, 0.25) is 5.82 Å². The molecule has 36 heavy (non-hydrogen) atoms. The molecule has 1 aliphatic rings. The fraction of sp³-hybridized carbons (Fsp3) is 0.320. The van der Waals surface area contributed by atoms with Gasteiger partial charge in [-0.3, -0.25) is 0 Å². The number of ether oxygens (including phenoxy) is 1. The summed E-state index contributed by atoms with van der Waals surface area (Å²) in [6.07, 6.45) is -3.52. The number of imidazole rings is 1. The van der Waals surface area contributed by atoms with Gasteiger partial charge in [0.05, 0.1) is 18.4 Å². The molecule has 5 rings (SSSR count). The maximum absolute atomic E-state index is 13.0. The van der Waals surface area contributed by atoms with Gasteiger partial charge in [0.15, 0.2) is 5.69 Å². The molecular formula is C25H25F3N6O2. The van der Waals surface area contributed by atoms with Crippen molar-refractivity contribution in [1.82, 2.24) is 24.6 Å². The summed E-state index contributed by atoms with van der Waals surface area (Å²) in [7, 11) is 5.26. The molecule has 0 radical (unpaired) electrons. The van der Waals surface area contributed by atoms with E-state index in [2.05, 4.69) is 32.0 Å². The number of alkyl halides is 3. The molecule has 0 amide bonds. The lowest BCUT2D eigenvalue weighted by molar-refractivity contribution is -0.140. The molecule has 1 aliphatic heterocycles. The van der Waals surface area contributed by atoms with E-state index in [-0.39, 0.29) is 5.82 Å². The Bertz CT molecular complexity index is 1360. The summed E-state index contributed by atoms with van der Waals surface area (Å²) in [6.45, 7) is 3.61. The number of nitrogens with zero attached hydrogens (tertiary/aromatic N) is 6. The van der Waals surface area contributed by atoms with Crippen LogP contribution < -0.4 is 9.64 Å². The Morgan fingerprint density at radius 1 is 0.917 bits per heavy atom. The first kappa shape index (κ1) is 23.9. The minimum Gasteiger partial charge on any atom is -0.497 e. The third kappa shape index (κ3) is 4.66. The highest BCUT2D eigenvalue weighted by molar-refractivity contribution is 5.76. The first-order valence-electron chi connectivity index (χ1n) is 11.4. The highest BCUT2D eigenvalue weighted by atomic mass is 19.4. The van der Waals surface area contributed by atoms with E-state index >= 15 is 0 Å². The van der Waals surface area contributed by atoms with Gasteiger partial charge in [0.25, 0.3) is 5.89 Å². The first-order valence-corrected chi connectivity index (χ1v) is 11.4. The van der Waals surface area contributed by atoms with E-state index in [9.17, 15) is 13.2 Å². The van der Waals surface area contributed by atoms with Crippen LogP contribution in [-0.2, 0) is 13.2 Å². The van der Waals surface area contributed by atoms with Crippen LogP contribution in [0, 0.1) is 0 Å². The second-order valence-electron chi connectivity index (χ2n) is 8.73. The third-order valence-electron chi connectivity index (χ3n) is 6.27. The lowest BCUT2D eigenvalue weighted by Gasteiger charge is -2.34. The number of aromatic nitrogens is 4. The first-order chi connectivity index (χ1) is 17.2. The third-order valence-corrected chi connectivity index (χ3v) is 6.27. The normalized spacial score (nSPS) is 14.9. The Morgan fingerprint density at radius 3 is 2.25 bits per heavy atom. The molecule has 2 aromatic carbocycles. The summed E-state index contributed by atoms with van der Waals surface area (Å²) in [5.41, 5.74) is 2.07. The molecule has 0 N–H and O–H groups in total. The summed E-state index contributed by atoms with van der Waals surface area (Å²) < 4.78 is 51.5. The smallest absolute Gasteiger partial charge is 0.434 e. The molecule has 8 nitrogen and oxygen atoms in total. The predicted molar refractivity (Wildman–Crippen MR) is 129 cm³/mol. The Kier molecular flexibility index (Phi) is 6.17. The van der Waals surface area contributed by atoms with Crippen molar-refractivity contribution in [2.75, 3.05) is 45.2 Å². The van der Waals surface area contributed by atoms with Crippen LogP contribution in [0.1, 0.15) is 5.69 Å². The Labute approximate surface area is 205 Å². The number of benzene rings is 2. The Balaban J connectivity index is 1.42. The molecule has 0 spiro atoms. The van der Waals surface area contributed by atoms with Gasteiger partial charge in [-0.1, -0.05) is 29.4 Å². The quantitative estimate of drug-likeness (QED) is 0.399. The molecule has 0 atom stereocenters. The van der Waals surface area contributed by atoms with Gasteiger partial charge < -0.3 is 23.6 Å². The second kappa shape index (κ2) is 9.30. The van der Waals surface area contributed by atoms with Crippen LogP contribution in [0.25, 0.3) is 34.2 Å². The van der Waals surface area contributed by atoms with E-state index in [4.69, 9.17) is 9.26 Å². The van der Waals surface area contributed by atoms with Crippen molar-refractivity contribution < 1.29 is 22.4 Å². The van der Waals surface area contributed by atoms with Crippen LogP contribution in [0.5, 0.6) is 5.75 Å². The Hall–Kier alpha value is -3.86. The fourth-order valence-electron chi connectivity index (χ4n) is 4.22. The average Bonchev–Trinajstić information content (AvgIpc) is 3.51. The van der Waals surface area contributed by atoms with Crippen LogP contribution >= 0.6 is 0 Å². The standard InChI is InChI=1S/C25H25F3N6O2/c1-32-10-12-34(13-11-32)20-14-18(35-3)8-9-19(20)24-30-22(31-36-24)16-4-6-17(7-5-16)23-29-21(15-33(23)2)25(26,27)28/h4-9,14-15H,10-13H2,1-3H3. The monoisotopic (exact) mass is 498 g/mol. The van der Waals surface area contributed by atoms with Crippen LogP contribution in [0.2, 0.25) is 0 Å². The summed E-state index contributed by atoms with van der Waals surface area (Å²) in [5, 5.41) is 4.15. The van der Waals surface area contributed by atoms with Crippen LogP contribution in [0.15, 0.2) is 53.2 Å². The summed E-state index contributed by atoms with van der Waals surface area (Å²) in [5.74, 6) is 1.72. The summed E-state index contributed by atoms with van der Waals surface area (Å²) in [4.78, 5) is 12.9. The number of hydrogen-bond donors (Lipinski definition) is 0. The average molecular weight is 499 g/mol. The molecule has 1 fully saturated rings. The van der Waals surface area contributed by atoms with Crippen molar-refractivity contribution in [1.29, 1.82) is 0 Å². The van der Waals surface area contributed by atoms with E-state index in [0.717, 1.165) is 49.4 Å². The molecule has 188 valence electrons. The van der Waals surface area contributed by atoms with Crippen LogP contribution in [0.3, 0.4) is 0 Å². The maximum atomic E-state index is 13.0. The Morgan fingerprint density at radius 2 is 1.61 bits per heavy atom. The number of likely N-dealkylation sites (N-methyl/N-ethyl adjacent to an activating group) is 1. The van der Waals surface area contributed by atoms with E-state index < -0.39 is 11.9 Å². The van der Waals surface area contributed by atoms with Crippen LogP contribution in [0.4, 0.5) is 18.9 Å². The summed E-state index contributed by atoms with van der Waals surface area (Å²) >= 11 is 0. The minimum atomic E-state index is -4.50.